The van der Waals surface area contributed by atoms with Crippen LogP contribution in [0, 0.1) is 5.41 Å². The van der Waals surface area contributed by atoms with Gasteiger partial charge in [-0.15, -0.1) is 0 Å². The summed E-state index contributed by atoms with van der Waals surface area (Å²) in [6.07, 6.45) is 4.64. The van der Waals surface area contributed by atoms with E-state index in [2.05, 4.69) is 6.58 Å². The fraction of sp³-hybridized carbons (Fsp3) is 0.700. The number of allylic oxidation sites excluding steroid dienone is 1. The van der Waals surface area contributed by atoms with E-state index in [1.807, 2.05) is 0 Å². The quantitative estimate of drug-likeness (QED) is 0.451. The van der Waals surface area contributed by atoms with Gasteiger partial charge in [0.2, 0.25) is 0 Å². The van der Waals surface area contributed by atoms with E-state index >= 15 is 0 Å². The Labute approximate surface area is 88.1 Å². The van der Waals surface area contributed by atoms with Crippen LogP contribution < -0.4 is 0 Å². The predicted molar refractivity (Wildman–Crippen MR) is 54.1 cm³/mol. The van der Waals surface area contributed by atoms with Crippen LogP contribution in [0.4, 0.5) is 0 Å². The molecular formula is C10H12Cl2O. The molecule has 1 nitrogen and oxygen atoms in total. The van der Waals surface area contributed by atoms with Gasteiger partial charge in [0, 0.05) is 11.8 Å². The molecule has 2 rings (SSSR count). The Morgan fingerprint density at radius 3 is 2.46 bits per heavy atom. The monoisotopic (exact) mass is 218 g/mol. The molecular weight excluding hydrogens is 207 g/mol. The van der Waals surface area contributed by atoms with Crippen molar-refractivity contribution in [2.45, 2.75) is 36.4 Å². The third kappa shape index (κ3) is 1.04. The standard InChI is InChI=1S/C10H12Cl2O/c1-7-4-2-3-5-9(7)6-8(13)10(9,11)12/h1-6H2. The van der Waals surface area contributed by atoms with Gasteiger partial charge in [0.15, 0.2) is 10.1 Å². The van der Waals surface area contributed by atoms with Crippen molar-refractivity contribution < 1.29 is 4.79 Å². The molecule has 2 aliphatic rings. The molecule has 0 heterocycles. The minimum atomic E-state index is -1.18. The lowest BCUT2D eigenvalue weighted by Gasteiger charge is -2.53. The van der Waals surface area contributed by atoms with Crippen molar-refractivity contribution in [3.05, 3.63) is 12.2 Å². The zero-order chi connectivity index (χ0) is 9.69. The smallest absolute Gasteiger partial charge is 0.185 e. The van der Waals surface area contributed by atoms with Crippen LogP contribution in [0.15, 0.2) is 12.2 Å². The van der Waals surface area contributed by atoms with Crippen LogP contribution in [-0.4, -0.2) is 10.1 Å². The fourth-order valence-electron chi connectivity index (χ4n) is 2.43. The van der Waals surface area contributed by atoms with E-state index in [1.165, 1.54) is 0 Å². The normalized spacial score (nSPS) is 37.7. The lowest BCUT2D eigenvalue weighted by atomic mass is 9.57. The highest BCUT2D eigenvalue weighted by molar-refractivity contribution is 6.61. The molecule has 0 radical (unpaired) electrons. The van der Waals surface area contributed by atoms with Crippen molar-refractivity contribution in [1.29, 1.82) is 0 Å². The molecule has 0 amide bonds. The average molecular weight is 219 g/mol. The van der Waals surface area contributed by atoms with E-state index in [-0.39, 0.29) is 11.2 Å². The van der Waals surface area contributed by atoms with E-state index in [0.29, 0.717) is 6.42 Å². The second-order valence-electron chi connectivity index (χ2n) is 4.07. The fourth-order valence-corrected chi connectivity index (χ4v) is 3.15. The van der Waals surface area contributed by atoms with Crippen LogP contribution in [0.1, 0.15) is 32.1 Å². The molecule has 2 fully saturated rings. The Hall–Kier alpha value is -0.0100. The maximum Gasteiger partial charge on any atom is 0.185 e. The number of alkyl halides is 2. The second kappa shape index (κ2) is 2.74. The lowest BCUT2D eigenvalue weighted by Crippen LogP contribution is -2.59. The molecule has 0 aromatic carbocycles. The molecule has 2 aliphatic carbocycles. The molecule has 0 saturated heterocycles. The highest BCUT2D eigenvalue weighted by Crippen LogP contribution is 2.63. The summed E-state index contributed by atoms with van der Waals surface area (Å²) < 4.78 is -1.18. The number of carbonyl (C=O) groups is 1. The number of carbonyl (C=O) groups excluding carboxylic acids is 1. The van der Waals surface area contributed by atoms with E-state index in [9.17, 15) is 4.79 Å². The zero-order valence-electron chi connectivity index (χ0n) is 7.41. The lowest BCUT2D eigenvalue weighted by molar-refractivity contribution is -0.133. The van der Waals surface area contributed by atoms with Crippen LogP contribution >= 0.6 is 23.2 Å². The van der Waals surface area contributed by atoms with Crippen molar-refractivity contribution in [3.8, 4) is 0 Å². The highest BCUT2D eigenvalue weighted by atomic mass is 35.5. The van der Waals surface area contributed by atoms with Gasteiger partial charge in [-0.2, -0.15) is 0 Å². The van der Waals surface area contributed by atoms with Gasteiger partial charge in [-0.25, -0.2) is 0 Å². The Morgan fingerprint density at radius 2 is 2.00 bits per heavy atom. The van der Waals surface area contributed by atoms with Crippen molar-refractivity contribution >= 4 is 29.0 Å². The summed E-state index contributed by atoms with van der Waals surface area (Å²) in [4.78, 5) is 11.3. The molecule has 0 aromatic heterocycles. The van der Waals surface area contributed by atoms with Gasteiger partial charge >= 0.3 is 0 Å². The van der Waals surface area contributed by atoms with E-state index < -0.39 is 4.33 Å². The maximum absolute atomic E-state index is 11.3. The Balaban J connectivity index is 2.31. The number of Topliss-reactive ketones (excluding diaryl/α,β-unsaturated/α-hetero) is 1. The maximum atomic E-state index is 11.3. The first kappa shape index (κ1) is 9.54. The largest absolute Gasteiger partial charge is 0.296 e. The molecule has 1 spiro atoms. The third-order valence-corrected chi connectivity index (χ3v) is 4.57. The topological polar surface area (TPSA) is 17.1 Å². The highest BCUT2D eigenvalue weighted by Gasteiger charge is 2.65. The molecule has 13 heavy (non-hydrogen) atoms. The average Bonchev–Trinajstić information content (AvgIpc) is 2.09. The summed E-state index contributed by atoms with van der Waals surface area (Å²) >= 11 is 12.1. The summed E-state index contributed by atoms with van der Waals surface area (Å²) in [5.74, 6) is -0.0427. The third-order valence-electron chi connectivity index (χ3n) is 3.42. The minimum absolute atomic E-state index is 0.0427. The number of rotatable bonds is 0. The van der Waals surface area contributed by atoms with Gasteiger partial charge in [-0.05, 0) is 19.3 Å². The Kier molecular flexibility index (Phi) is 2.01. The van der Waals surface area contributed by atoms with Crippen LogP contribution in [0.2, 0.25) is 0 Å². The zero-order valence-corrected chi connectivity index (χ0v) is 8.92. The second-order valence-corrected chi connectivity index (χ2v) is 5.39. The van der Waals surface area contributed by atoms with E-state index in [0.717, 1.165) is 31.3 Å². The number of halogens is 2. The summed E-state index contributed by atoms with van der Waals surface area (Å²) in [7, 11) is 0. The van der Waals surface area contributed by atoms with E-state index in [1.54, 1.807) is 0 Å². The molecule has 1 atom stereocenters. The summed E-state index contributed by atoms with van der Waals surface area (Å²) in [5, 5.41) is 0. The minimum Gasteiger partial charge on any atom is -0.296 e. The van der Waals surface area contributed by atoms with Crippen molar-refractivity contribution in [1.82, 2.24) is 0 Å². The van der Waals surface area contributed by atoms with Gasteiger partial charge in [-0.1, -0.05) is 41.8 Å². The van der Waals surface area contributed by atoms with Crippen LogP contribution in [0.25, 0.3) is 0 Å². The molecule has 0 N–H and O–H groups in total. The number of ketones is 1. The predicted octanol–water partition coefficient (Wildman–Crippen LogP) is 3.25. The molecule has 0 aliphatic heterocycles. The summed E-state index contributed by atoms with van der Waals surface area (Å²) in [6, 6.07) is 0. The first-order chi connectivity index (χ1) is 6.01. The molecule has 3 heteroatoms. The van der Waals surface area contributed by atoms with Gasteiger partial charge in [0.25, 0.3) is 0 Å². The Morgan fingerprint density at radius 1 is 1.31 bits per heavy atom. The molecule has 0 bridgehead atoms. The SMILES string of the molecule is C=C1CCCCC12CC(=O)C2(Cl)Cl. The van der Waals surface area contributed by atoms with Crippen LogP contribution in [0.3, 0.4) is 0 Å². The van der Waals surface area contributed by atoms with Crippen LogP contribution in [-0.2, 0) is 4.79 Å². The van der Waals surface area contributed by atoms with E-state index in [4.69, 9.17) is 23.2 Å². The van der Waals surface area contributed by atoms with Gasteiger partial charge in [0.1, 0.15) is 0 Å². The van der Waals surface area contributed by atoms with Crippen molar-refractivity contribution in [3.63, 3.8) is 0 Å². The van der Waals surface area contributed by atoms with Crippen molar-refractivity contribution in [2.75, 3.05) is 0 Å². The first-order valence-electron chi connectivity index (χ1n) is 4.60. The molecule has 0 aromatic rings. The van der Waals surface area contributed by atoms with Gasteiger partial charge < -0.3 is 0 Å². The van der Waals surface area contributed by atoms with Crippen LogP contribution in [0.5, 0.6) is 0 Å². The van der Waals surface area contributed by atoms with Gasteiger partial charge in [-0.3, -0.25) is 4.79 Å². The Bertz CT molecular complexity index is 283. The van der Waals surface area contributed by atoms with Crippen molar-refractivity contribution in [2.24, 2.45) is 5.41 Å². The van der Waals surface area contributed by atoms with Gasteiger partial charge in [0.05, 0.1) is 0 Å². The molecule has 2 saturated carbocycles. The summed E-state index contributed by atoms with van der Waals surface area (Å²) in [6.45, 7) is 4.00. The molecule has 72 valence electrons. The molecule has 1 unspecified atom stereocenters. The first-order valence-corrected chi connectivity index (χ1v) is 5.36. The number of hydrogen-bond acceptors (Lipinski definition) is 1. The number of hydrogen-bond donors (Lipinski definition) is 0. The summed E-state index contributed by atoms with van der Waals surface area (Å²) in [5.41, 5.74) is 0.786.